The molecule has 2 aromatic rings. The fraction of sp³-hybridized carbons (Fsp3) is 0.600. The van der Waals surface area contributed by atoms with Gasteiger partial charge in [-0.3, -0.25) is 0 Å². The molecule has 0 spiro atoms. The predicted molar refractivity (Wildman–Crippen MR) is 69.9 cm³/mol. The van der Waals surface area contributed by atoms with Crippen molar-refractivity contribution in [3.05, 3.63) is 11.7 Å². The van der Waals surface area contributed by atoms with Gasteiger partial charge in [-0.25, -0.2) is 4.98 Å². The van der Waals surface area contributed by atoms with Gasteiger partial charge in [0.15, 0.2) is 0 Å². The molecule has 2 heterocycles. The summed E-state index contributed by atoms with van der Waals surface area (Å²) < 4.78 is 9.35. The number of anilines is 2. The molecule has 0 aromatic carbocycles. The highest BCUT2D eigenvalue weighted by atomic mass is 32.1. The lowest BCUT2D eigenvalue weighted by Gasteiger charge is -2.02. The molecule has 0 atom stereocenters. The average Bonchev–Trinajstić information content (AvgIpc) is 2.95. The Morgan fingerprint density at radius 2 is 2.11 bits per heavy atom. The van der Waals surface area contributed by atoms with Crippen LogP contribution in [0.15, 0.2) is 4.52 Å². The predicted octanol–water partition coefficient (Wildman–Crippen LogP) is 1.72. The molecule has 0 saturated carbocycles. The molecule has 18 heavy (non-hydrogen) atoms. The van der Waals surface area contributed by atoms with Gasteiger partial charge in [-0.05, 0) is 5.16 Å². The van der Waals surface area contributed by atoms with Crippen LogP contribution in [0.25, 0.3) is 0 Å². The Balaban J connectivity index is 1.93. The van der Waals surface area contributed by atoms with E-state index in [1.807, 2.05) is 14.1 Å². The van der Waals surface area contributed by atoms with Crippen LogP contribution in [0, 0.1) is 0 Å². The van der Waals surface area contributed by atoms with Crippen molar-refractivity contribution in [2.45, 2.75) is 26.3 Å². The summed E-state index contributed by atoms with van der Waals surface area (Å²) in [6.45, 7) is 4.58. The highest BCUT2D eigenvalue weighted by molar-refractivity contribution is 7.09. The van der Waals surface area contributed by atoms with Crippen LogP contribution in [0.4, 0.5) is 11.1 Å². The monoisotopic (exact) mass is 268 g/mol. The topological polar surface area (TPSA) is 80.0 Å². The molecule has 2 aromatic heterocycles. The van der Waals surface area contributed by atoms with Crippen LogP contribution in [0.1, 0.15) is 31.5 Å². The zero-order chi connectivity index (χ0) is 13.1. The van der Waals surface area contributed by atoms with Gasteiger partial charge in [-0.2, -0.15) is 9.36 Å². The van der Waals surface area contributed by atoms with Gasteiger partial charge in [0.05, 0.1) is 6.54 Å². The smallest absolute Gasteiger partial charge is 0.265 e. The maximum Gasteiger partial charge on any atom is 0.265 e. The van der Waals surface area contributed by atoms with Crippen LogP contribution in [0.2, 0.25) is 0 Å². The van der Waals surface area contributed by atoms with Gasteiger partial charge in [0.1, 0.15) is 5.82 Å². The minimum absolute atomic E-state index is 0.334. The molecule has 98 valence electrons. The summed E-state index contributed by atoms with van der Waals surface area (Å²) in [5, 5.41) is 7.71. The lowest BCUT2D eigenvalue weighted by molar-refractivity contribution is 0.383. The van der Waals surface area contributed by atoms with Crippen molar-refractivity contribution in [3.8, 4) is 0 Å². The summed E-state index contributed by atoms with van der Waals surface area (Å²) in [6, 6.07) is 0. The molecule has 0 amide bonds. The quantitative estimate of drug-likeness (QED) is 0.884. The molecule has 0 unspecified atom stereocenters. The van der Waals surface area contributed by atoms with E-state index in [0.717, 1.165) is 11.0 Å². The highest BCUT2D eigenvalue weighted by Crippen LogP contribution is 2.18. The van der Waals surface area contributed by atoms with Crippen molar-refractivity contribution in [1.29, 1.82) is 0 Å². The number of rotatable bonds is 5. The second kappa shape index (κ2) is 5.30. The molecule has 0 radical (unpaired) electrons. The van der Waals surface area contributed by atoms with E-state index in [4.69, 9.17) is 4.52 Å². The second-order valence-corrected chi connectivity index (χ2v) is 5.10. The van der Waals surface area contributed by atoms with Crippen LogP contribution >= 0.6 is 11.5 Å². The lowest BCUT2D eigenvalue weighted by atomic mass is 10.2. The molecule has 1 N–H and O–H groups in total. The van der Waals surface area contributed by atoms with Crippen LogP contribution < -0.4 is 10.2 Å². The first-order valence-electron chi connectivity index (χ1n) is 5.63. The molecule has 2 rings (SSSR count). The van der Waals surface area contributed by atoms with Crippen LogP contribution in [0.5, 0.6) is 0 Å². The van der Waals surface area contributed by atoms with Gasteiger partial charge < -0.3 is 14.7 Å². The zero-order valence-electron chi connectivity index (χ0n) is 10.8. The number of aromatic nitrogens is 4. The summed E-state index contributed by atoms with van der Waals surface area (Å²) in [7, 11) is 3.73. The summed E-state index contributed by atoms with van der Waals surface area (Å²) in [5.74, 6) is 2.27. The van der Waals surface area contributed by atoms with Gasteiger partial charge in [0.2, 0.25) is 11.0 Å². The first-order valence-corrected chi connectivity index (χ1v) is 6.41. The van der Waals surface area contributed by atoms with Crippen molar-refractivity contribution in [1.82, 2.24) is 19.5 Å². The number of nitrogens with zero attached hydrogens (tertiary/aromatic N) is 5. The van der Waals surface area contributed by atoms with Gasteiger partial charge in [-0.1, -0.05) is 13.8 Å². The van der Waals surface area contributed by atoms with Crippen molar-refractivity contribution in [3.63, 3.8) is 0 Å². The van der Waals surface area contributed by atoms with E-state index in [1.54, 1.807) is 4.90 Å². The molecule has 0 fully saturated rings. The van der Waals surface area contributed by atoms with E-state index in [1.165, 1.54) is 11.5 Å². The second-order valence-electron chi connectivity index (χ2n) is 4.35. The van der Waals surface area contributed by atoms with E-state index >= 15 is 0 Å². The Morgan fingerprint density at radius 3 is 2.67 bits per heavy atom. The number of hydrogen-bond acceptors (Lipinski definition) is 8. The van der Waals surface area contributed by atoms with E-state index in [0.29, 0.717) is 24.3 Å². The highest BCUT2D eigenvalue weighted by Gasteiger charge is 2.10. The van der Waals surface area contributed by atoms with E-state index in [-0.39, 0.29) is 0 Å². The van der Waals surface area contributed by atoms with Crippen molar-refractivity contribution >= 4 is 22.6 Å². The van der Waals surface area contributed by atoms with Gasteiger partial charge in [0.25, 0.3) is 5.95 Å². The SMILES string of the molecule is CC(C)c1nsc(NCc2nc(N(C)C)no2)n1. The fourth-order valence-corrected chi connectivity index (χ4v) is 1.89. The third kappa shape index (κ3) is 2.95. The Bertz CT molecular complexity index is 460. The Labute approximate surface area is 109 Å². The largest absolute Gasteiger partial charge is 0.351 e. The molecule has 0 aliphatic rings. The number of hydrogen-bond donors (Lipinski definition) is 1. The molecule has 0 aliphatic heterocycles. The van der Waals surface area contributed by atoms with E-state index in [9.17, 15) is 0 Å². The summed E-state index contributed by atoms with van der Waals surface area (Å²) in [6.07, 6.45) is 0. The van der Waals surface area contributed by atoms with Crippen LogP contribution in [-0.4, -0.2) is 33.6 Å². The molecule has 0 bridgehead atoms. The van der Waals surface area contributed by atoms with E-state index in [2.05, 4.69) is 38.7 Å². The minimum atomic E-state index is 0.334. The van der Waals surface area contributed by atoms with Crippen LogP contribution in [-0.2, 0) is 6.54 Å². The molecular weight excluding hydrogens is 252 g/mol. The van der Waals surface area contributed by atoms with Crippen molar-refractivity contribution < 1.29 is 4.52 Å². The Hall–Kier alpha value is -1.70. The van der Waals surface area contributed by atoms with Crippen LogP contribution in [0.3, 0.4) is 0 Å². The normalized spacial score (nSPS) is 10.9. The van der Waals surface area contributed by atoms with Crippen molar-refractivity contribution in [2.75, 3.05) is 24.3 Å². The summed E-state index contributed by atoms with van der Waals surface area (Å²) in [5.41, 5.74) is 0. The Kier molecular flexibility index (Phi) is 3.75. The standard InChI is InChI=1S/C10H16N6OS/c1-6(2)8-13-10(18-15-8)11-5-7-12-9(14-17-7)16(3)4/h6H,5H2,1-4H3,(H,11,13,15). The summed E-state index contributed by atoms with van der Waals surface area (Å²) >= 11 is 1.34. The van der Waals surface area contributed by atoms with Crippen molar-refractivity contribution in [2.24, 2.45) is 0 Å². The molecule has 0 aliphatic carbocycles. The fourth-order valence-electron chi connectivity index (χ4n) is 1.19. The molecular formula is C10H16N6OS. The third-order valence-electron chi connectivity index (χ3n) is 2.21. The zero-order valence-corrected chi connectivity index (χ0v) is 11.7. The number of nitrogens with one attached hydrogen (secondary N) is 1. The average molecular weight is 268 g/mol. The summed E-state index contributed by atoms with van der Waals surface area (Å²) in [4.78, 5) is 10.4. The maximum absolute atomic E-state index is 5.09. The maximum atomic E-state index is 5.09. The minimum Gasteiger partial charge on any atom is -0.351 e. The Morgan fingerprint density at radius 1 is 1.33 bits per heavy atom. The first-order chi connectivity index (χ1) is 8.56. The molecule has 8 heteroatoms. The van der Waals surface area contributed by atoms with Gasteiger partial charge in [0, 0.05) is 31.5 Å². The first kappa shape index (κ1) is 12.7. The lowest BCUT2D eigenvalue weighted by Crippen LogP contribution is -2.10. The van der Waals surface area contributed by atoms with Gasteiger partial charge >= 0.3 is 0 Å². The third-order valence-corrected chi connectivity index (χ3v) is 2.89. The molecule has 7 nitrogen and oxygen atoms in total. The van der Waals surface area contributed by atoms with Gasteiger partial charge in [-0.15, -0.1) is 0 Å². The molecule has 0 saturated heterocycles. The van der Waals surface area contributed by atoms with E-state index < -0.39 is 0 Å².